The summed E-state index contributed by atoms with van der Waals surface area (Å²) in [4.78, 5) is 11.2. The van der Waals surface area contributed by atoms with E-state index in [1.165, 1.54) is 0 Å². The van der Waals surface area contributed by atoms with E-state index in [-0.39, 0.29) is 0 Å². The second-order valence-corrected chi connectivity index (χ2v) is 3.18. The zero-order valence-corrected chi connectivity index (χ0v) is 8.64. The molecule has 15 heavy (non-hydrogen) atoms. The zero-order valence-electron chi connectivity index (χ0n) is 8.64. The number of carbonyl (C=O) groups is 1. The van der Waals surface area contributed by atoms with Crippen molar-refractivity contribution < 1.29 is 14.7 Å². The van der Waals surface area contributed by atoms with Crippen LogP contribution >= 0.6 is 0 Å². The molecule has 0 aliphatic heterocycles. The number of para-hydroxylation sites is 1. The van der Waals surface area contributed by atoms with E-state index < -0.39 is 12.0 Å². The molecule has 1 aromatic rings. The Kier molecular flexibility index (Phi) is 4.63. The fourth-order valence-electron chi connectivity index (χ4n) is 1.24. The van der Waals surface area contributed by atoms with Crippen LogP contribution in [0.4, 0.5) is 0 Å². The smallest absolute Gasteiger partial charge is 0.284 e. The van der Waals surface area contributed by atoms with Crippen LogP contribution < -0.4 is 10.2 Å². The van der Waals surface area contributed by atoms with Gasteiger partial charge in [0, 0.05) is 0 Å². The zero-order chi connectivity index (χ0) is 11.1. The Morgan fingerprint density at radius 2 is 2.13 bits per heavy atom. The van der Waals surface area contributed by atoms with Crippen LogP contribution in [0.25, 0.3) is 0 Å². The van der Waals surface area contributed by atoms with Crippen molar-refractivity contribution in [2.45, 2.75) is 25.9 Å². The van der Waals surface area contributed by atoms with Crippen LogP contribution in [0.1, 0.15) is 19.8 Å². The van der Waals surface area contributed by atoms with Crippen LogP contribution in [0.15, 0.2) is 30.3 Å². The van der Waals surface area contributed by atoms with E-state index in [9.17, 15) is 4.79 Å². The lowest BCUT2D eigenvalue weighted by Gasteiger charge is -2.16. The maximum atomic E-state index is 11.2. The van der Waals surface area contributed by atoms with Gasteiger partial charge in [0.25, 0.3) is 5.91 Å². The van der Waals surface area contributed by atoms with E-state index in [1.54, 1.807) is 17.6 Å². The molecule has 0 radical (unpaired) electrons. The molecule has 0 heterocycles. The van der Waals surface area contributed by atoms with Crippen LogP contribution in [0.3, 0.4) is 0 Å². The summed E-state index contributed by atoms with van der Waals surface area (Å²) in [6, 6.07) is 9.07. The van der Waals surface area contributed by atoms with Crippen LogP contribution in [0.5, 0.6) is 5.75 Å². The molecular formula is C11H15NO3. The molecule has 0 spiro atoms. The number of ether oxygens (including phenoxy) is 1. The first-order valence-electron chi connectivity index (χ1n) is 4.93. The lowest BCUT2D eigenvalue weighted by Crippen LogP contribution is -2.36. The number of hydrogen-bond donors (Lipinski definition) is 2. The summed E-state index contributed by atoms with van der Waals surface area (Å²) < 4.78 is 5.44. The van der Waals surface area contributed by atoms with Gasteiger partial charge in [0.05, 0.1) is 0 Å². The number of nitrogens with one attached hydrogen (secondary N) is 1. The summed E-state index contributed by atoms with van der Waals surface area (Å²) in [6.45, 7) is 1.95. The normalized spacial score (nSPS) is 11.9. The molecule has 1 unspecified atom stereocenters. The van der Waals surface area contributed by atoms with Crippen LogP contribution in [0, 0.1) is 0 Å². The third-order valence-electron chi connectivity index (χ3n) is 1.98. The Hall–Kier alpha value is -1.55. The van der Waals surface area contributed by atoms with E-state index >= 15 is 0 Å². The van der Waals surface area contributed by atoms with Crippen molar-refractivity contribution in [3.63, 3.8) is 0 Å². The number of benzene rings is 1. The van der Waals surface area contributed by atoms with Crippen LogP contribution in [0.2, 0.25) is 0 Å². The molecule has 1 rings (SSSR count). The average Bonchev–Trinajstić information content (AvgIpc) is 2.29. The molecule has 0 fully saturated rings. The molecule has 1 atom stereocenters. The third kappa shape index (κ3) is 3.59. The summed E-state index contributed by atoms with van der Waals surface area (Å²) >= 11 is 0. The second-order valence-electron chi connectivity index (χ2n) is 3.18. The summed E-state index contributed by atoms with van der Waals surface area (Å²) in [6.07, 6.45) is 0.744. The quantitative estimate of drug-likeness (QED) is 0.573. The molecule has 0 saturated carbocycles. The first-order chi connectivity index (χ1) is 7.27. The van der Waals surface area contributed by atoms with E-state index in [4.69, 9.17) is 9.94 Å². The van der Waals surface area contributed by atoms with Gasteiger partial charge in [0.15, 0.2) is 6.10 Å². The Labute approximate surface area is 88.8 Å². The molecule has 4 nitrogen and oxygen atoms in total. The van der Waals surface area contributed by atoms with Gasteiger partial charge in [-0.3, -0.25) is 10.0 Å². The van der Waals surface area contributed by atoms with Crippen LogP contribution in [-0.2, 0) is 4.79 Å². The van der Waals surface area contributed by atoms with Gasteiger partial charge in [-0.05, 0) is 18.6 Å². The van der Waals surface area contributed by atoms with Crippen molar-refractivity contribution in [1.29, 1.82) is 0 Å². The third-order valence-corrected chi connectivity index (χ3v) is 1.98. The maximum Gasteiger partial charge on any atom is 0.284 e. The number of hydroxylamine groups is 1. The topological polar surface area (TPSA) is 58.6 Å². The minimum absolute atomic E-state index is 0.513. The Bertz CT molecular complexity index is 300. The molecule has 0 aliphatic carbocycles. The number of hydrogen-bond acceptors (Lipinski definition) is 3. The molecule has 0 bridgehead atoms. The minimum atomic E-state index is -0.637. The summed E-state index contributed by atoms with van der Waals surface area (Å²) in [5, 5.41) is 8.53. The van der Waals surface area contributed by atoms with E-state index in [0.29, 0.717) is 12.2 Å². The highest BCUT2D eigenvalue weighted by molar-refractivity contribution is 5.79. The largest absolute Gasteiger partial charge is 0.481 e. The molecular weight excluding hydrogens is 194 g/mol. The average molecular weight is 209 g/mol. The second kappa shape index (κ2) is 6.03. The Morgan fingerprint density at radius 1 is 1.47 bits per heavy atom. The minimum Gasteiger partial charge on any atom is -0.481 e. The van der Waals surface area contributed by atoms with Crippen molar-refractivity contribution in [3.05, 3.63) is 30.3 Å². The summed E-state index contributed by atoms with van der Waals surface area (Å²) in [5.41, 5.74) is 1.61. The Morgan fingerprint density at radius 3 is 2.67 bits per heavy atom. The predicted octanol–water partition coefficient (Wildman–Crippen LogP) is 1.74. The number of carbonyl (C=O) groups excluding carboxylic acids is 1. The molecule has 82 valence electrons. The fourth-order valence-corrected chi connectivity index (χ4v) is 1.24. The van der Waals surface area contributed by atoms with E-state index in [1.807, 2.05) is 25.1 Å². The van der Waals surface area contributed by atoms with Gasteiger partial charge >= 0.3 is 0 Å². The van der Waals surface area contributed by atoms with Crippen molar-refractivity contribution >= 4 is 5.91 Å². The monoisotopic (exact) mass is 209 g/mol. The molecule has 0 aromatic heterocycles. The SMILES string of the molecule is CCCC(Oc1ccccc1)C(=O)NO. The van der Waals surface area contributed by atoms with Gasteiger partial charge in [-0.2, -0.15) is 0 Å². The van der Waals surface area contributed by atoms with Crippen LogP contribution in [-0.4, -0.2) is 17.2 Å². The summed E-state index contributed by atoms with van der Waals surface area (Å²) in [5.74, 6) is 0.111. The van der Waals surface area contributed by atoms with Crippen molar-refractivity contribution in [1.82, 2.24) is 5.48 Å². The lowest BCUT2D eigenvalue weighted by atomic mass is 10.2. The van der Waals surface area contributed by atoms with Gasteiger partial charge < -0.3 is 4.74 Å². The van der Waals surface area contributed by atoms with Gasteiger partial charge in [0.2, 0.25) is 0 Å². The highest BCUT2D eigenvalue weighted by Crippen LogP contribution is 2.13. The predicted molar refractivity (Wildman–Crippen MR) is 55.7 cm³/mol. The fraction of sp³-hybridized carbons (Fsp3) is 0.364. The Balaban J connectivity index is 2.62. The van der Waals surface area contributed by atoms with Crippen molar-refractivity contribution in [2.24, 2.45) is 0 Å². The van der Waals surface area contributed by atoms with Gasteiger partial charge in [-0.25, -0.2) is 5.48 Å². The molecule has 4 heteroatoms. The first-order valence-corrected chi connectivity index (χ1v) is 4.93. The van der Waals surface area contributed by atoms with Gasteiger partial charge in [0.1, 0.15) is 5.75 Å². The first kappa shape index (κ1) is 11.5. The molecule has 1 amide bonds. The standard InChI is InChI=1S/C11H15NO3/c1-2-6-10(11(13)12-14)15-9-7-4-3-5-8-9/h3-5,7-8,10,14H,2,6H2,1H3,(H,12,13). The molecule has 0 saturated heterocycles. The van der Waals surface area contributed by atoms with Crippen molar-refractivity contribution in [2.75, 3.05) is 0 Å². The number of rotatable bonds is 5. The van der Waals surface area contributed by atoms with E-state index in [2.05, 4.69) is 0 Å². The molecule has 0 aliphatic rings. The highest BCUT2D eigenvalue weighted by atomic mass is 16.5. The molecule has 2 N–H and O–H groups in total. The lowest BCUT2D eigenvalue weighted by molar-refractivity contribution is -0.136. The number of amides is 1. The van der Waals surface area contributed by atoms with E-state index in [0.717, 1.165) is 6.42 Å². The maximum absolute atomic E-state index is 11.2. The van der Waals surface area contributed by atoms with Gasteiger partial charge in [-0.1, -0.05) is 31.5 Å². The molecule has 1 aromatic carbocycles. The highest BCUT2D eigenvalue weighted by Gasteiger charge is 2.18. The summed E-state index contributed by atoms with van der Waals surface area (Å²) in [7, 11) is 0. The van der Waals surface area contributed by atoms with Crippen molar-refractivity contribution in [3.8, 4) is 5.75 Å². The van der Waals surface area contributed by atoms with Gasteiger partial charge in [-0.15, -0.1) is 0 Å².